The predicted molar refractivity (Wildman–Crippen MR) is 140 cm³/mol. The number of hydrogen-bond acceptors (Lipinski definition) is 4. The maximum absolute atomic E-state index is 9.55. The highest BCUT2D eigenvalue weighted by molar-refractivity contribution is 5.84. The zero-order valence-electron chi connectivity index (χ0n) is 20.8. The van der Waals surface area contributed by atoms with Crippen LogP contribution in [0.2, 0.25) is 0 Å². The van der Waals surface area contributed by atoms with E-state index < -0.39 is 5.54 Å². The van der Waals surface area contributed by atoms with Crippen molar-refractivity contribution in [2.24, 2.45) is 5.73 Å². The fourth-order valence-corrected chi connectivity index (χ4v) is 4.92. The first-order valence-corrected chi connectivity index (χ1v) is 12.8. The first kappa shape index (κ1) is 24.6. The van der Waals surface area contributed by atoms with Gasteiger partial charge in [0.15, 0.2) is 0 Å². The summed E-state index contributed by atoms with van der Waals surface area (Å²) < 4.78 is 12.4. The molecule has 1 saturated carbocycles. The molecule has 3 N–H and O–H groups in total. The highest BCUT2D eigenvalue weighted by atomic mass is 16.5. The Balaban J connectivity index is 1.33. The largest absolute Gasteiger partial charge is 0.490 e. The zero-order valence-corrected chi connectivity index (χ0v) is 20.8. The molecular weight excluding hydrogens is 422 g/mol. The van der Waals surface area contributed by atoms with Gasteiger partial charge in [0.05, 0.1) is 24.4 Å². The van der Waals surface area contributed by atoms with Gasteiger partial charge < -0.3 is 20.3 Å². The molecule has 1 aliphatic carbocycles. The molecule has 4 nitrogen and oxygen atoms in total. The van der Waals surface area contributed by atoms with Gasteiger partial charge in [-0.25, -0.2) is 0 Å². The second kappa shape index (κ2) is 10.8. The van der Waals surface area contributed by atoms with Crippen LogP contribution >= 0.6 is 0 Å². The molecule has 182 valence electrons. The van der Waals surface area contributed by atoms with Gasteiger partial charge in [0.2, 0.25) is 0 Å². The number of fused-ring (bicyclic) bond motifs is 1. The van der Waals surface area contributed by atoms with Crippen LogP contribution < -0.4 is 15.2 Å². The molecule has 0 heterocycles. The normalized spacial score (nSPS) is 20.3. The lowest BCUT2D eigenvalue weighted by atomic mass is 9.82. The van der Waals surface area contributed by atoms with E-state index in [4.69, 9.17) is 15.2 Å². The second-order valence-corrected chi connectivity index (χ2v) is 10.0. The monoisotopic (exact) mass is 461 g/mol. The molecule has 1 atom stereocenters. The zero-order chi connectivity index (χ0) is 24.1. The van der Waals surface area contributed by atoms with Crippen LogP contribution in [0.15, 0.2) is 60.7 Å². The van der Waals surface area contributed by atoms with Crippen molar-refractivity contribution in [2.45, 2.75) is 83.0 Å². The van der Waals surface area contributed by atoms with Crippen LogP contribution in [0.3, 0.4) is 0 Å². The molecule has 3 aromatic rings. The van der Waals surface area contributed by atoms with Crippen molar-refractivity contribution in [3.63, 3.8) is 0 Å². The molecular formula is C30H39NO3. The number of aliphatic hydroxyl groups is 1. The number of hydrogen-bond donors (Lipinski definition) is 2. The van der Waals surface area contributed by atoms with Gasteiger partial charge in [-0.3, -0.25) is 0 Å². The smallest absolute Gasteiger partial charge is 0.120 e. The van der Waals surface area contributed by atoms with Gasteiger partial charge in [-0.2, -0.15) is 0 Å². The molecule has 0 unspecified atom stereocenters. The molecule has 0 spiro atoms. The maximum atomic E-state index is 9.55. The fourth-order valence-electron chi connectivity index (χ4n) is 4.92. The van der Waals surface area contributed by atoms with Gasteiger partial charge >= 0.3 is 0 Å². The molecule has 0 aliphatic heterocycles. The van der Waals surface area contributed by atoms with E-state index in [-0.39, 0.29) is 12.7 Å². The summed E-state index contributed by atoms with van der Waals surface area (Å²) in [5.74, 6) is 2.49. The third-order valence-electron chi connectivity index (χ3n) is 7.34. The minimum Gasteiger partial charge on any atom is -0.490 e. The highest BCUT2D eigenvalue weighted by Gasteiger charge is 2.24. The van der Waals surface area contributed by atoms with Gasteiger partial charge in [-0.05, 0) is 104 Å². The number of aliphatic hydroxyl groups excluding tert-OH is 1. The minimum absolute atomic E-state index is 0.0848. The number of benzene rings is 3. The van der Waals surface area contributed by atoms with E-state index in [9.17, 15) is 5.11 Å². The molecule has 0 radical (unpaired) electrons. The summed E-state index contributed by atoms with van der Waals surface area (Å²) in [6.07, 6.45) is 7.05. The van der Waals surface area contributed by atoms with E-state index in [0.29, 0.717) is 12.0 Å². The van der Waals surface area contributed by atoms with Crippen LogP contribution in [-0.2, 0) is 5.54 Å². The number of nitrogens with two attached hydrogens (primary N) is 1. The van der Waals surface area contributed by atoms with Gasteiger partial charge in [-0.15, -0.1) is 0 Å². The molecule has 34 heavy (non-hydrogen) atoms. The van der Waals surface area contributed by atoms with Crippen molar-refractivity contribution in [2.75, 3.05) is 6.61 Å². The summed E-state index contributed by atoms with van der Waals surface area (Å²) in [7, 11) is 0. The summed E-state index contributed by atoms with van der Waals surface area (Å²) in [5.41, 5.74) is 7.80. The molecule has 0 amide bonds. The first-order valence-electron chi connectivity index (χ1n) is 12.8. The van der Waals surface area contributed by atoms with Crippen molar-refractivity contribution in [1.82, 2.24) is 0 Å². The van der Waals surface area contributed by atoms with E-state index in [1.807, 2.05) is 19.1 Å². The standard InChI is InChI=1S/C30H39NO3/c1-4-26(5-2)33-27-13-7-21(8-14-27)22-9-15-28(16-10-22)34-29-17-11-23-18-25(30(3,31)20-32)12-6-24(23)19-29/h6-8,11-14,17-19,22,26,28,32H,4-5,9-10,15-16,20,31H2,1-3H3/t22?,28?,30-/m0/s1. The van der Waals surface area contributed by atoms with Crippen LogP contribution in [0.1, 0.15) is 76.3 Å². The van der Waals surface area contributed by atoms with Crippen molar-refractivity contribution < 1.29 is 14.6 Å². The van der Waals surface area contributed by atoms with Crippen molar-refractivity contribution >= 4 is 10.8 Å². The molecule has 0 saturated heterocycles. The SMILES string of the molecule is CCC(CC)Oc1ccc(C2CCC(Oc3ccc4cc([C@@](C)(N)CO)ccc4c3)CC2)cc1. The molecule has 1 fully saturated rings. The van der Waals surface area contributed by atoms with Gasteiger partial charge in [0, 0.05) is 0 Å². The summed E-state index contributed by atoms with van der Waals surface area (Å²) >= 11 is 0. The molecule has 0 bridgehead atoms. The van der Waals surface area contributed by atoms with Crippen LogP contribution in [0, 0.1) is 0 Å². The highest BCUT2D eigenvalue weighted by Crippen LogP contribution is 2.36. The topological polar surface area (TPSA) is 64.7 Å². The van der Waals surface area contributed by atoms with Gasteiger partial charge in [0.1, 0.15) is 11.5 Å². The number of rotatable bonds is 9. The second-order valence-electron chi connectivity index (χ2n) is 10.0. The van der Waals surface area contributed by atoms with E-state index in [0.717, 1.165) is 66.4 Å². The summed E-state index contributed by atoms with van der Waals surface area (Å²) in [4.78, 5) is 0. The Hall–Kier alpha value is -2.56. The third kappa shape index (κ3) is 5.73. The average Bonchev–Trinajstić information content (AvgIpc) is 2.87. The first-order chi connectivity index (χ1) is 16.4. The van der Waals surface area contributed by atoms with Crippen molar-refractivity contribution in [3.8, 4) is 11.5 Å². The minimum atomic E-state index is -0.733. The van der Waals surface area contributed by atoms with Crippen molar-refractivity contribution in [3.05, 3.63) is 71.8 Å². The lowest BCUT2D eigenvalue weighted by Crippen LogP contribution is -2.36. The average molecular weight is 462 g/mol. The Morgan fingerprint density at radius 2 is 1.50 bits per heavy atom. The Kier molecular flexibility index (Phi) is 7.80. The predicted octanol–water partition coefficient (Wildman–Crippen LogP) is 6.68. The molecule has 4 rings (SSSR count). The fraction of sp³-hybridized carbons (Fsp3) is 0.467. The maximum Gasteiger partial charge on any atom is 0.120 e. The molecule has 1 aliphatic rings. The van der Waals surface area contributed by atoms with Crippen LogP contribution in [-0.4, -0.2) is 23.9 Å². The Labute approximate surface area is 204 Å². The Morgan fingerprint density at radius 1 is 0.882 bits per heavy atom. The molecule has 3 aromatic carbocycles. The van der Waals surface area contributed by atoms with E-state index in [1.54, 1.807) is 0 Å². The third-order valence-corrected chi connectivity index (χ3v) is 7.34. The summed E-state index contributed by atoms with van der Waals surface area (Å²) in [6.45, 7) is 6.11. The number of ether oxygens (including phenoxy) is 2. The lowest BCUT2D eigenvalue weighted by molar-refractivity contribution is 0.146. The van der Waals surface area contributed by atoms with Crippen LogP contribution in [0.4, 0.5) is 0 Å². The Bertz CT molecular complexity index is 1060. The van der Waals surface area contributed by atoms with Crippen molar-refractivity contribution in [1.29, 1.82) is 0 Å². The molecule has 0 aromatic heterocycles. The summed E-state index contributed by atoms with van der Waals surface area (Å²) in [5, 5.41) is 11.8. The summed E-state index contributed by atoms with van der Waals surface area (Å²) in [6, 6.07) is 21.1. The Morgan fingerprint density at radius 3 is 2.15 bits per heavy atom. The van der Waals surface area contributed by atoms with Crippen LogP contribution in [0.25, 0.3) is 10.8 Å². The van der Waals surface area contributed by atoms with Gasteiger partial charge in [0.25, 0.3) is 0 Å². The van der Waals surface area contributed by atoms with E-state index in [2.05, 4.69) is 62.4 Å². The molecule has 4 heteroatoms. The van der Waals surface area contributed by atoms with Crippen LogP contribution in [0.5, 0.6) is 11.5 Å². The van der Waals surface area contributed by atoms with E-state index >= 15 is 0 Å². The van der Waals surface area contributed by atoms with Gasteiger partial charge in [-0.1, -0.05) is 44.2 Å². The quantitative estimate of drug-likeness (QED) is 0.373. The lowest BCUT2D eigenvalue weighted by Gasteiger charge is -2.29. The van der Waals surface area contributed by atoms with E-state index in [1.165, 1.54) is 5.56 Å².